The summed E-state index contributed by atoms with van der Waals surface area (Å²) in [5.74, 6) is 5.71. The zero-order valence-corrected chi connectivity index (χ0v) is 11.4. The van der Waals surface area contributed by atoms with E-state index in [1.54, 1.807) is 7.11 Å². The SMILES string of the molecule is COCCNC(=O)c1cc(C)c(C#CCCO)s1. The van der Waals surface area contributed by atoms with Gasteiger partial charge in [0.05, 0.1) is 23.0 Å². The Labute approximate surface area is 111 Å². The maximum atomic E-state index is 11.8. The van der Waals surface area contributed by atoms with Crippen LogP contribution in [0.2, 0.25) is 0 Å². The molecule has 1 heterocycles. The average Bonchev–Trinajstić information content (AvgIpc) is 2.72. The van der Waals surface area contributed by atoms with E-state index in [4.69, 9.17) is 9.84 Å². The predicted molar refractivity (Wildman–Crippen MR) is 71.8 cm³/mol. The van der Waals surface area contributed by atoms with Gasteiger partial charge in [0.25, 0.3) is 5.91 Å². The maximum Gasteiger partial charge on any atom is 0.261 e. The zero-order valence-electron chi connectivity index (χ0n) is 10.6. The Hall–Kier alpha value is -1.35. The summed E-state index contributed by atoms with van der Waals surface area (Å²) in [6, 6.07) is 1.83. The van der Waals surface area contributed by atoms with E-state index < -0.39 is 0 Å². The largest absolute Gasteiger partial charge is 0.395 e. The molecule has 1 aromatic rings. The van der Waals surface area contributed by atoms with Gasteiger partial charge in [-0.1, -0.05) is 11.8 Å². The molecule has 98 valence electrons. The molecule has 0 aliphatic carbocycles. The Morgan fingerprint density at radius 3 is 3.06 bits per heavy atom. The number of aliphatic hydroxyl groups is 1. The minimum absolute atomic E-state index is 0.0573. The molecule has 18 heavy (non-hydrogen) atoms. The summed E-state index contributed by atoms with van der Waals surface area (Å²) >= 11 is 1.37. The van der Waals surface area contributed by atoms with Crippen LogP contribution in [-0.4, -0.2) is 37.9 Å². The number of hydrogen-bond acceptors (Lipinski definition) is 4. The number of carbonyl (C=O) groups is 1. The molecule has 1 amide bonds. The highest BCUT2D eigenvalue weighted by Crippen LogP contribution is 2.20. The Morgan fingerprint density at radius 2 is 2.39 bits per heavy atom. The molecular formula is C13H17NO3S. The number of amides is 1. The summed E-state index contributed by atoms with van der Waals surface area (Å²) in [7, 11) is 1.59. The van der Waals surface area contributed by atoms with Gasteiger partial charge in [-0.2, -0.15) is 0 Å². The smallest absolute Gasteiger partial charge is 0.261 e. The molecule has 0 unspecified atom stereocenters. The molecule has 0 saturated heterocycles. The van der Waals surface area contributed by atoms with Gasteiger partial charge in [0.2, 0.25) is 0 Å². The van der Waals surface area contributed by atoms with Crippen LogP contribution in [0.15, 0.2) is 6.07 Å². The Morgan fingerprint density at radius 1 is 1.61 bits per heavy atom. The average molecular weight is 267 g/mol. The van der Waals surface area contributed by atoms with Crippen LogP contribution in [0.3, 0.4) is 0 Å². The first-order valence-electron chi connectivity index (χ1n) is 5.66. The van der Waals surface area contributed by atoms with Crippen molar-refractivity contribution in [2.45, 2.75) is 13.3 Å². The fourth-order valence-corrected chi connectivity index (χ4v) is 2.23. The maximum absolute atomic E-state index is 11.8. The van der Waals surface area contributed by atoms with E-state index in [0.29, 0.717) is 24.4 Å². The second-order valence-corrected chi connectivity index (χ2v) is 4.70. The van der Waals surface area contributed by atoms with Crippen molar-refractivity contribution in [3.8, 4) is 11.8 Å². The Kier molecular flexibility index (Phi) is 6.44. The predicted octanol–water partition coefficient (Wildman–Crippen LogP) is 1.17. The van der Waals surface area contributed by atoms with Gasteiger partial charge in [-0.25, -0.2) is 0 Å². The fraction of sp³-hybridized carbons (Fsp3) is 0.462. The van der Waals surface area contributed by atoms with Crippen molar-refractivity contribution in [3.05, 3.63) is 21.4 Å². The molecular weight excluding hydrogens is 250 g/mol. The first-order chi connectivity index (χ1) is 8.69. The Balaban J connectivity index is 2.66. The molecule has 1 aromatic heterocycles. The number of aliphatic hydroxyl groups excluding tert-OH is 1. The molecule has 0 spiro atoms. The number of carbonyl (C=O) groups excluding carboxylic acids is 1. The lowest BCUT2D eigenvalue weighted by atomic mass is 10.2. The van der Waals surface area contributed by atoms with Gasteiger partial charge in [-0.3, -0.25) is 4.79 Å². The molecule has 0 bridgehead atoms. The number of nitrogens with one attached hydrogen (secondary N) is 1. The summed E-state index contributed by atoms with van der Waals surface area (Å²) in [6.45, 7) is 2.98. The lowest BCUT2D eigenvalue weighted by molar-refractivity contribution is 0.0941. The van der Waals surface area contributed by atoms with Crippen molar-refractivity contribution in [1.29, 1.82) is 0 Å². The van der Waals surface area contributed by atoms with Gasteiger partial charge < -0.3 is 15.2 Å². The van der Waals surface area contributed by atoms with Gasteiger partial charge in [-0.05, 0) is 18.6 Å². The van der Waals surface area contributed by atoms with Crippen LogP contribution in [-0.2, 0) is 4.74 Å². The van der Waals surface area contributed by atoms with Gasteiger partial charge >= 0.3 is 0 Å². The Bertz CT molecular complexity index is 457. The first kappa shape index (κ1) is 14.7. The minimum atomic E-state index is -0.102. The molecule has 0 saturated carbocycles. The van der Waals surface area contributed by atoms with Crippen molar-refractivity contribution in [2.75, 3.05) is 26.9 Å². The molecule has 0 fully saturated rings. The molecule has 4 nitrogen and oxygen atoms in total. The van der Waals surface area contributed by atoms with Gasteiger partial charge in [0.15, 0.2) is 0 Å². The summed E-state index contributed by atoms with van der Waals surface area (Å²) < 4.78 is 4.87. The number of hydrogen-bond donors (Lipinski definition) is 2. The number of rotatable bonds is 5. The lowest BCUT2D eigenvalue weighted by Gasteiger charge is -2.01. The number of methoxy groups -OCH3 is 1. The van der Waals surface area contributed by atoms with Gasteiger partial charge in [0, 0.05) is 20.1 Å². The molecule has 5 heteroatoms. The first-order valence-corrected chi connectivity index (χ1v) is 6.48. The van der Waals surface area contributed by atoms with Crippen LogP contribution in [0.5, 0.6) is 0 Å². The van der Waals surface area contributed by atoms with E-state index in [0.717, 1.165) is 10.4 Å². The third-order valence-electron chi connectivity index (χ3n) is 2.17. The number of ether oxygens (including phenoxy) is 1. The van der Waals surface area contributed by atoms with Crippen LogP contribution in [0.4, 0.5) is 0 Å². The molecule has 0 atom stereocenters. The highest BCUT2D eigenvalue weighted by molar-refractivity contribution is 7.14. The van der Waals surface area contributed by atoms with E-state index in [-0.39, 0.29) is 12.5 Å². The summed E-state index contributed by atoms with van der Waals surface area (Å²) in [4.78, 5) is 13.3. The van der Waals surface area contributed by atoms with Crippen molar-refractivity contribution < 1.29 is 14.6 Å². The molecule has 0 radical (unpaired) electrons. The van der Waals surface area contributed by atoms with Crippen LogP contribution in [0.1, 0.15) is 26.5 Å². The van der Waals surface area contributed by atoms with Crippen LogP contribution < -0.4 is 5.32 Å². The molecule has 0 aliphatic heterocycles. The van der Waals surface area contributed by atoms with E-state index in [1.807, 2.05) is 13.0 Å². The van der Waals surface area contributed by atoms with Crippen molar-refractivity contribution in [2.24, 2.45) is 0 Å². The lowest BCUT2D eigenvalue weighted by Crippen LogP contribution is -2.26. The van der Waals surface area contributed by atoms with Crippen molar-refractivity contribution in [3.63, 3.8) is 0 Å². The van der Waals surface area contributed by atoms with E-state index >= 15 is 0 Å². The highest BCUT2D eigenvalue weighted by Gasteiger charge is 2.10. The van der Waals surface area contributed by atoms with Crippen molar-refractivity contribution >= 4 is 17.2 Å². The molecule has 1 rings (SSSR count). The van der Waals surface area contributed by atoms with E-state index in [2.05, 4.69) is 17.2 Å². The summed E-state index contributed by atoms with van der Waals surface area (Å²) in [5.41, 5.74) is 0.988. The third-order valence-corrected chi connectivity index (χ3v) is 3.32. The van der Waals surface area contributed by atoms with Crippen LogP contribution in [0.25, 0.3) is 0 Å². The zero-order chi connectivity index (χ0) is 13.4. The van der Waals surface area contributed by atoms with Gasteiger partial charge in [-0.15, -0.1) is 11.3 Å². The second-order valence-electron chi connectivity index (χ2n) is 3.65. The minimum Gasteiger partial charge on any atom is -0.395 e. The number of thiophene rings is 1. The van der Waals surface area contributed by atoms with Crippen molar-refractivity contribution in [1.82, 2.24) is 5.32 Å². The van der Waals surface area contributed by atoms with E-state index in [1.165, 1.54) is 11.3 Å². The van der Waals surface area contributed by atoms with Gasteiger partial charge in [0.1, 0.15) is 0 Å². The molecule has 2 N–H and O–H groups in total. The fourth-order valence-electron chi connectivity index (χ4n) is 1.27. The second kappa shape index (κ2) is 7.88. The van der Waals surface area contributed by atoms with E-state index in [9.17, 15) is 4.79 Å². The summed E-state index contributed by atoms with van der Waals surface area (Å²) in [5, 5.41) is 11.4. The monoisotopic (exact) mass is 267 g/mol. The third kappa shape index (κ3) is 4.49. The highest BCUT2D eigenvalue weighted by atomic mass is 32.1. The normalized spacial score (nSPS) is 9.72. The van der Waals surface area contributed by atoms with Crippen LogP contribution in [0, 0.1) is 18.8 Å². The molecule has 0 aromatic carbocycles. The van der Waals surface area contributed by atoms with Crippen LogP contribution >= 0.6 is 11.3 Å². The quantitative estimate of drug-likeness (QED) is 0.622. The molecule has 0 aliphatic rings. The number of aryl methyl sites for hydroxylation is 1. The standard InChI is InChI=1S/C13H17NO3S/c1-10-9-12(13(16)14-6-8-17-2)18-11(10)5-3-4-7-15/h9,15H,4,6-8H2,1-2H3,(H,14,16). The summed E-state index contributed by atoms with van der Waals surface area (Å²) in [6.07, 6.45) is 0.451. The topological polar surface area (TPSA) is 58.6 Å².